The number of hydrogen-bond donors (Lipinski definition) is 0. The molecule has 0 saturated carbocycles. The van der Waals surface area contributed by atoms with E-state index >= 15 is 0 Å². The van der Waals surface area contributed by atoms with Crippen LogP contribution in [0.3, 0.4) is 0 Å². The molecule has 1 atom stereocenters. The normalized spacial score (nSPS) is 23.1. The van der Waals surface area contributed by atoms with Crippen LogP contribution in [-0.2, 0) is 14.9 Å². The molecule has 3 rings (SSSR count). The first-order chi connectivity index (χ1) is 11.2. The summed E-state index contributed by atoms with van der Waals surface area (Å²) in [5.74, 6) is -0.144. The van der Waals surface area contributed by atoms with Crippen molar-refractivity contribution in [2.75, 3.05) is 40.0 Å². The summed E-state index contributed by atoms with van der Waals surface area (Å²) in [4.78, 5) is 2.44. The van der Waals surface area contributed by atoms with E-state index in [0.29, 0.717) is 6.61 Å². The number of ether oxygens (including phenoxy) is 2. The molecule has 0 unspecified atom stereocenters. The number of hydrogen-bond acceptors (Lipinski definition) is 3. The largest absolute Gasteiger partial charge is 0.383 e. The first-order valence-electron chi connectivity index (χ1n) is 8.42. The highest BCUT2D eigenvalue weighted by atomic mass is 19.1. The van der Waals surface area contributed by atoms with Crippen LogP contribution in [0.2, 0.25) is 0 Å². The molecule has 4 heteroatoms. The zero-order valence-electron chi connectivity index (χ0n) is 13.9. The highest BCUT2D eigenvalue weighted by molar-refractivity contribution is 5.42. The first kappa shape index (κ1) is 16.6. The quantitative estimate of drug-likeness (QED) is 0.750. The van der Waals surface area contributed by atoms with E-state index in [1.165, 1.54) is 5.56 Å². The number of benzene rings is 1. The number of methoxy groups -OCH3 is 1. The molecule has 3 nitrogen and oxygen atoms in total. The van der Waals surface area contributed by atoms with Crippen molar-refractivity contribution in [3.8, 4) is 0 Å². The van der Waals surface area contributed by atoms with E-state index in [2.05, 4.69) is 11.5 Å². The third-order valence-electron chi connectivity index (χ3n) is 5.35. The van der Waals surface area contributed by atoms with Crippen molar-refractivity contribution in [1.82, 2.24) is 4.90 Å². The molecule has 0 bridgehead atoms. The summed E-state index contributed by atoms with van der Waals surface area (Å²) in [6, 6.07) is 5.19. The maximum atomic E-state index is 13.8. The van der Waals surface area contributed by atoms with Crippen LogP contribution in [0.1, 0.15) is 36.5 Å². The molecule has 0 amide bonds. The Balaban J connectivity index is 1.78. The van der Waals surface area contributed by atoms with Gasteiger partial charge in [-0.15, -0.1) is 6.58 Å². The van der Waals surface area contributed by atoms with Gasteiger partial charge in [0, 0.05) is 19.1 Å². The number of likely N-dealkylation sites (tertiary alicyclic amines) is 1. The maximum Gasteiger partial charge on any atom is 0.123 e. The molecular formula is C19H26FNO2. The highest BCUT2D eigenvalue weighted by Gasteiger charge is 2.45. The van der Waals surface area contributed by atoms with Crippen LogP contribution in [0.25, 0.3) is 0 Å². The molecule has 1 aromatic rings. The fourth-order valence-electron chi connectivity index (χ4n) is 4.07. The topological polar surface area (TPSA) is 21.7 Å². The molecule has 0 aromatic heterocycles. The summed E-state index contributed by atoms with van der Waals surface area (Å²) >= 11 is 0. The Morgan fingerprint density at radius 1 is 1.39 bits per heavy atom. The molecule has 1 aromatic carbocycles. The van der Waals surface area contributed by atoms with Crippen LogP contribution < -0.4 is 0 Å². The Morgan fingerprint density at radius 3 is 2.87 bits per heavy atom. The second-order valence-electron chi connectivity index (χ2n) is 6.66. The van der Waals surface area contributed by atoms with Crippen molar-refractivity contribution >= 4 is 0 Å². The molecule has 1 spiro atoms. The van der Waals surface area contributed by atoms with Crippen LogP contribution in [0, 0.1) is 5.82 Å². The van der Waals surface area contributed by atoms with E-state index < -0.39 is 0 Å². The number of piperidine rings is 1. The summed E-state index contributed by atoms with van der Waals surface area (Å²) in [5, 5.41) is 0. The van der Waals surface area contributed by atoms with Crippen LogP contribution in [0.5, 0.6) is 0 Å². The predicted octanol–water partition coefficient (Wildman–Crippen LogP) is 3.45. The molecule has 0 radical (unpaired) electrons. The fraction of sp³-hybridized carbons (Fsp3) is 0.579. The van der Waals surface area contributed by atoms with Crippen LogP contribution in [-0.4, -0.2) is 44.9 Å². The summed E-state index contributed by atoms with van der Waals surface area (Å²) in [6.45, 7) is 8.08. The number of rotatable bonds is 6. The Bertz CT molecular complexity index is 552. The molecule has 0 N–H and O–H groups in total. The van der Waals surface area contributed by atoms with Crippen LogP contribution in [0.15, 0.2) is 30.9 Å². The van der Waals surface area contributed by atoms with Gasteiger partial charge in [-0.1, -0.05) is 12.1 Å². The predicted molar refractivity (Wildman–Crippen MR) is 89.1 cm³/mol. The van der Waals surface area contributed by atoms with E-state index in [9.17, 15) is 4.39 Å². The van der Waals surface area contributed by atoms with E-state index in [1.807, 2.05) is 6.07 Å². The number of fused-ring (bicyclic) bond motifs is 2. The molecule has 1 aliphatic carbocycles. The molecule has 1 aliphatic heterocycles. The third-order valence-corrected chi connectivity index (χ3v) is 5.35. The summed E-state index contributed by atoms with van der Waals surface area (Å²) in [5.41, 5.74) is 2.39. The van der Waals surface area contributed by atoms with E-state index in [-0.39, 0.29) is 17.3 Å². The monoisotopic (exact) mass is 319 g/mol. The zero-order valence-corrected chi connectivity index (χ0v) is 13.9. The molecule has 1 saturated heterocycles. The molecule has 1 fully saturated rings. The summed E-state index contributed by atoms with van der Waals surface area (Å²) in [7, 11) is 1.74. The Labute approximate surface area is 138 Å². The highest BCUT2D eigenvalue weighted by Crippen LogP contribution is 2.52. The fourth-order valence-corrected chi connectivity index (χ4v) is 4.07. The molecular weight excluding hydrogens is 293 g/mol. The second-order valence-corrected chi connectivity index (χ2v) is 6.66. The van der Waals surface area contributed by atoms with Gasteiger partial charge in [-0.2, -0.15) is 0 Å². The lowest BCUT2D eigenvalue weighted by molar-refractivity contribution is 0.0458. The molecule has 126 valence electrons. The van der Waals surface area contributed by atoms with Crippen molar-refractivity contribution in [3.05, 3.63) is 47.8 Å². The van der Waals surface area contributed by atoms with Crippen LogP contribution >= 0.6 is 0 Å². The van der Waals surface area contributed by atoms with Gasteiger partial charge in [0.1, 0.15) is 5.82 Å². The zero-order chi connectivity index (χ0) is 16.3. The lowest BCUT2D eigenvalue weighted by Gasteiger charge is -2.40. The minimum atomic E-state index is -0.144. The van der Waals surface area contributed by atoms with Gasteiger partial charge in [-0.25, -0.2) is 4.39 Å². The standard InChI is InChI=1S/C19H26FNO2/c1-3-11-23-18-14-19(17-13-15(20)4-5-16(17)18)6-8-21(9-7-19)10-12-22-2/h3-5,13,18H,1,6-12,14H2,2H3/t18-/m0/s1. The van der Waals surface area contributed by atoms with Crippen LogP contribution in [0.4, 0.5) is 4.39 Å². The van der Waals surface area contributed by atoms with Crippen molar-refractivity contribution in [2.24, 2.45) is 0 Å². The van der Waals surface area contributed by atoms with Crippen molar-refractivity contribution < 1.29 is 13.9 Å². The minimum absolute atomic E-state index is 0.0623. The lowest BCUT2D eigenvalue weighted by Crippen LogP contribution is -2.42. The number of halogens is 1. The average molecular weight is 319 g/mol. The Kier molecular flexibility index (Phi) is 5.14. The van der Waals surface area contributed by atoms with Gasteiger partial charge in [0.25, 0.3) is 0 Å². The van der Waals surface area contributed by atoms with Gasteiger partial charge < -0.3 is 14.4 Å². The van der Waals surface area contributed by atoms with Gasteiger partial charge in [0.05, 0.1) is 19.3 Å². The van der Waals surface area contributed by atoms with Crippen molar-refractivity contribution in [1.29, 1.82) is 0 Å². The maximum absolute atomic E-state index is 13.8. The van der Waals surface area contributed by atoms with Gasteiger partial charge >= 0.3 is 0 Å². The first-order valence-corrected chi connectivity index (χ1v) is 8.42. The molecule has 1 heterocycles. The summed E-state index contributed by atoms with van der Waals surface area (Å²) in [6.07, 6.45) is 4.91. The SMILES string of the molecule is C=CCO[C@H]1CC2(CCN(CCOC)CC2)c2cc(F)ccc21. The average Bonchev–Trinajstić information content (AvgIpc) is 2.86. The Morgan fingerprint density at radius 2 is 2.17 bits per heavy atom. The van der Waals surface area contributed by atoms with E-state index in [0.717, 1.165) is 51.1 Å². The second kappa shape index (κ2) is 7.12. The minimum Gasteiger partial charge on any atom is -0.383 e. The van der Waals surface area contributed by atoms with Crippen molar-refractivity contribution in [2.45, 2.75) is 30.8 Å². The van der Waals surface area contributed by atoms with Gasteiger partial charge in [-0.3, -0.25) is 0 Å². The van der Waals surface area contributed by atoms with E-state index in [4.69, 9.17) is 9.47 Å². The van der Waals surface area contributed by atoms with Gasteiger partial charge in [0.2, 0.25) is 0 Å². The third kappa shape index (κ3) is 3.35. The summed E-state index contributed by atoms with van der Waals surface area (Å²) < 4.78 is 25.0. The molecule has 23 heavy (non-hydrogen) atoms. The van der Waals surface area contributed by atoms with Gasteiger partial charge in [-0.05, 0) is 55.6 Å². The van der Waals surface area contributed by atoms with Crippen molar-refractivity contribution in [3.63, 3.8) is 0 Å². The molecule has 2 aliphatic rings. The number of nitrogens with zero attached hydrogens (tertiary/aromatic N) is 1. The van der Waals surface area contributed by atoms with E-state index in [1.54, 1.807) is 25.3 Å². The Hall–Kier alpha value is -1.23. The smallest absolute Gasteiger partial charge is 0.123 e. The lowest BCUT2D eigenvalue weighted by atomic mass is 9.73. The van der Waals surface area contributed by atoms with Gasteiger partial charge in [0.15, 0.2) is 0 Å².